The lowest BCUT2D eigenvalue weighted by molar-refractivity contribution is -0.490. The molecule has 0 radical (unpaired) electrons. The molecule has 1 heterocycles. The summed E-state index contributed by atoms with van der Waals surface area (Å²) in [6, 6.07) is 5.05. The van der Waals surface area contributed by atoms with Crippen molar-refractivity contribution in [1.82, 2.24) is 4.57 Å². The molecule has 11 heavy (non-hydrogen) atoms. The van der Waals surface area contributed by atoms with Gasteiger partial charge in [-0.05, 0) is 12.1 Å². The van der Waals surface area contributed by atoms with Gasteiger partial charge >= 0.3 is 0 Å². The van der Waals surface area contributed by atoms with E-state index in [0.717, 1.165) is 0 Å². The fraction of sp³-hybridized carbons (Fsp3) is 0.167. The number of pyridine rings is 1. The van der Waals surface area contributed by atoms with Crippen molar-refractivity contribution in [2.45, 2.75) is 0 Å². The number of aromatic nitrogens is 1. The molecule has 58 valence electrons. The van der Waals surface area contributed by atoms with Gasteiger partial charge in [-0.15, -0.1) is 0 Å². The van der Waals surface area contributed by atoms with Crippen LogP contribution in [-0.2, 0) is 7.05 Å². The molecule has 0 fully saturated rings. The van der Waals surface area contributed by atoms with E-state index >= 15 is 0 Å². The minimum absolute atomic E-state index is 0.331. The lowest BCUT2D eigenvalue weighted by Gasteiger charge is -1.92. The second-order valence-electron chi connectivity index (χ2n) is 2.01. The minimum atomic E-state index is -0.713. The molecule has 0 saturated carbocycles. The summed E-state index contributed by atoms with van der Waals surface area (Å²) in [7, 11) is 1.70. The number of nitro groups is 1. The number of hydrogen-bond acceptors (Lipinski definition) is 2. The standard InChI is InChI=1S/C6H7N3O2/c1-8-5-3-2-4-6(8)7-9(10)11/h2-5H,1H3. The predicted molar refractivity (Wildman–Crippen MR) is 38.0 cm³/mol. The normalized spacial score (nSPS) is 11.5. The van der Waals surface area contributed by atoms with Crippen LogP contribution in [0, 0.1) is 10.1 Å². The van der Waals surface area contributed by atoms with Gasteiger partial charge in [-0.2, -0.15) is 0 Å². The first-order valence-corrected chi connectivity index (χ1v) is 3.01. The highest BCUT2D eigenvalue weighted by atomic mass is 16.7. The van der Waals surface area contributed by atoms with E-state index in [1.807, 2.05) is 0 Å². The van der Waals surface area contributed by atoms with Crippen LogP contribution < -0.4 is 5.49 Å². The van der Waals surface area contributed by atoms with Crippen LogP contribution in [0.3, 0.4) is 0 Å². The highest BCUT2D eigenvalue weighted by Gasteiger charge is 1.90. The molecule has 0 N–H and O–H groups in total. The summed E-state index contributed by atoms with van der Waals surface area (Å²) in [4.78, 5) is 9.95. The van der Waals surface area contributed by atoms with E-state index in [0.29, 0.717) is 5.49 Å². The fourth-order valence-corrected chi connectivity index (χ4v) is 0.702. The first kappa shape index (κ1) is 7.46. The smallest absolute Gasteiger partial charge is 0.206 e. The van der Waals surface area contributed by atoms with Crippen molar-refractivity contribution in [3.05, 3.63) is 40.0 Å². The Labute approximate surface area is 62.7 Å². The Bertz CT molecular complexity index is 329. The molecule has 0 aliphatic rings. The third-order valence-electron chi connectivity index (χ3n) is 1.21. The van der Waals surface area contributed by atoms with Crippen molar-refractivity contribution in [1.29, 1.82) is 0 Å². The Morgan fingerprint density at radius 3 is 2.91 bits per heavy atom. The molecule has 0 amide bonds. The maximum atomic E-state index is 9.95. The fourth-order valence-electron chi connectivity index (χ4n) is 0.702. The monoisotopic (exact) mass is 153 g/mol. The number of aryl methyl sites for hydroxylation is 1. The zero-order valence-corrected chi connectivity index (χ0v) is 5.97. The van der Waals surface area contributed by atoms with E-state index in [9.17, 15) is 10.1 Å². The summed E-state index contributed by atoms with van der Waals surface area (Å²) in [5.74, 6) is 0. The summed E-state index contributed by atoms with van der Waals surface area (Å²) in [6.07, 6.45) is 1.70. The first-order valence-electron chi connectivity index (χ1n) is 3.01. The van der Waals surface area contributed by atoms with E-state index in [1.54, 1.807) is 36.0 Å². The van der Waals surface area contributed by atoms with Gasteiger partial charge in [-0.25, -0.2) is 10.1 Å². The van der Waals surface area contributed by atoms with E-state index in [1.165, 1.54) is 0 Å². The van der Waals surface area contributed by atoms with Crippen LogP contribution in [0.25, 0.3) is 0 Å². The van der Waals surface area contributed by atoms with Crippen LogP contribution in [0.4, 0.5) is 0 Å². The van der Waals surface area contributed by atoms with E-state index in [2.05, 4.69) is 5.10 Å². The Kier molecular flexibility index (Phi) is 2.00. The molecule has 0 spiro atoms. The van der Waals surface area contributed by atoms with Gasteiger partial charge < -0.3 is 4.57 Å². The van der Waals surface area contributed by atoms with Crippen molar-refractivity contribution in [3.63, 3.8) is 0 Å². The van der Waals surface area contributed by atoms with Crippen LogP contribution >= 0.6 is 0 Å². The summed E-state index contributed by atoms with van der Waals surface area (Å²) in [5, 5.41) is 12.4. The van der Waals surface area contributed by atoms with Gasteiger partial charge in [-0.3, -0.25) is 0 Å². The van der Waals surface area contributed by atoms with E-state index < -0.39 is 5.03 Å². The summed E-state index contributed by atoms with van der Waals surface area (Å²) < 4.78 is 1.57. The molecule has 5 nitrogen and oxygen atoms in total. The van der Waals surface area contributed by atoms with Crippen molar-refractivity contribution in [3.8, 4) is 0 Å². The molecule has 0 bridgehead atoms. The van der Waals surface area contributed by atoms with Gasteiger partial charge in [0.05, 0.1) is 5.10 Å². The summed E-state index contributed by atoms with van der Waals surface area (Å²) >= 11 is 0. The van der Waals surface area contributed by atoms with Crippen LogP contribution in [0.2, 0.25) is 0 Å². The average Bonchev–Trinajstić information content (AvgIpc) is 1.93. The molecule has 0 aliphatic carbocycles. The topological polar surface area (TPSA) is 60.4 Å². The SMILES string of the molecule is Cn1ccccc1=N[N+](=O)[O-]. The van der Waals surface area contributed by atoms with Crippen molar-refractivity contribution < 1.29 is 5.03 Å². The van der Waals surface area contributed by atoms with Crippen LogP contribution in [0.15, 0.2) is 29.5 Å². The molecular formula is C6H7N3O2. The molecule has 0 atom stereocenters. The van der Waals surface area contributed by atoms with Crippen molar-refractivity contribution in [2.24, 2.45) is 12.1 Å². The second-order valence-corrected chi connectivity index (χ2v) is 2.01. The molecule has 1 rings (SSSR count). The van der Waals surface area contributed by atoms with Gasteiger partial charge in [0.1, 0.15) is 0 Å². The largest absolute Gasteiger partial charge is 0.331 e. The number of hydrogen-bond donors (Lipinski definition) is 0. The lowest BCUT2D eigenvalue weighted by Crippen LogP contribution is -2.17. The number of rotatable bonds is 1. The first-order chi connectivity index (χ1) is 5.20. The van der Waals surface area contributed by atoms with Gasteiger partial charge in [0.2, 0.25) is 5.49 Å². The molecule has 1 aromatic rings. The van der Waals surface area contributed by atoms with Gasteiger partial charge in [0.25, 0.3) is 0 Å². The minimum Gasteiger partial charge on any atom is -0.331 e. The van der Waals surface area contributed by atoms with Crippen LogP contribution in [-0.4, -0.2) is 9.60 Å². The molecule has 0 saturated heterocycles. The third kappa shape index (κ3) is 1.89. The van der Waals surface area contributed by atoms with Gasteiger partial charge in [0.15, 0.2) is 5.03 Å². The highest BCUT2D eigenvalue weighted by molar-refractivity contribution is 4.91. The van der Waals surface area contributed by atoms with Crippen LogP contribution in [0.5, 0.6) is 0 Å². The third-order valence-corrected chi connectivity index (χ3v) is 1.21. The summed E-state index contributed by atoms with van der Waals surface area (Å²) in [5.41, 5.74) is 0.331. The van der Waals surface area contributed by atoms with E-state index in [-0.39, 0.29) is 0 Å². The molecular weight excluding hydrogens is 146 g/mol. The highest BCUT2D eigenvalue weighted by Crippen LogP contribution is 1.76. The van der Waals surface area contributed by atoms with E-state index in [4.69, 9.17) is 0 Å². The summed E-state index contributed by atoms with van der Waals surface area (Å²) in [6.45, 7) is 0. The zero-order valence-electron chi connectivity index (χ0n) is 5.97. The van der Waals surface area contributed by atoms with Crippen LogP contribution in [0.1, 0.15) is 0 Å². The second kappa shape index (κ2) is 2.96. The van der Waals surface area contributed by atoms with Gasteiger partial charge in [0, 0.05) is 13.2 Å². The molecule has 1 aromatic heterocycles. The maximum absolute atomic E-state index is 9.95. The molecule has 0 aliphatic heterocycles. The predicted octanol–water partition coefficient (Wildman–Crippen LogP) is 0.117. The Hall–Kier alpha value is -1.65. The molecule has 0 unspecified atom stereocenters. The quantitative estimate of drug-likeness (QED) is 0.425. The maximum Gasteiger partial charge on any atom is 0.206 e. The Balaban J connectivity index is 3.23. The molecule has 0 aromatic carbocycles. The average molecular weight is 153 g/mol. The van der Waals surface area contributed by atoms with Crippen molar-refractivity contribution in [2.75, 3.05) is 0 Å². The molecule has 5 heteroatoms. The van der Waals surface area contributed by atoms with Gasteiger partial charge in [-0.1, -0.05) is 6.07 Å². The van der Waals surface area contributed by atoms with Crippen molar-refractivity contribution >= 4 is 0 Å². The number of nitrogens with zero attached hydrogens (tertiary/aromatic N) is 3. The Morgan fingerprint density at radius 2 is 2.36 bits per heavy atom. The Morgan fingerprint density at radius 1 is 1.64 bits per heavy atom. The zero-order chi connectivity index (χ0) is 8.27. The lowest BCUT2D eigenvalue weighted by atomic mass is 10.5.